The number of hydrogen-bond donors (Lipinski definition) is 0. The first-order valence-corrected chi connectivity index (χ1v) is 10.9. The van der Waals surface area contributed by atoms with Crippen molar-refractivity contribution in [2.75, 3.05) is 31.1 Å². The number of nitrogens with zero attached hydrogens (tertiary/aromatic N) is 7. The van der Waals surface area contributed by atoms with E-state index in [1.54, 1.807) is 11.0 Å². The molecule has 1 aliphatic rings. The number of carbonyl (C=O) groups is 1. The third kappa shape index (κ3) is 4.00. The van der Waals surface area contributed by atoms with Crippen LogP contribution in [0.5, 0.6) is 0 Å². The predicted octanol–water partition coefficient (Wildman–Crippen LogP) is 2.99. The molecule has 1 fully saturated rings. The third-order valence-electron chi connectivity index (χ3n) is 5.39. The number of carbonyl (C=O) groups excluding carboxylic acids is 1. The molecule has 0 bridgehead atoms. The fraction of sp³-hybridized carbons (Fsp3) is 0.227. The highest BCUT2D eigenvalue weighted by Crippen LogP contribution is 2.23. The molecule has 5 rings (SSSR count). The molecule has 31 heavy (non-hydrogen) atoms. The van der Waals surface area contributed by atoms with Gasteiger partial charge in [0.05, 0.1) is 6.54 Å². The number of piperazine rings is 1. The van der Waals surface area contributed by atoms with Crippen LogP contribution in [0.3, 0.4) is 0 Å². The van der Waals surface area contributed by atoms with Crippen molar-refractivity contribution in [3.8, 4) is 0 Å². The normalized spacial score (nSPS) is 14.2. The lowest BCUT2D eigenvalue weighted by atomic mass is 10.2. The Balaban J connectivity index is 1.32. The Morgan fingerprint density at radius 1 is 0.968 bits per heavy atom. The average Bonchev–Trinajstić information content (AvgIpc) is 3.22. The van der Waals surface area contributed by atoms with Crippen molar-refractivity contribution in [2.45, 2.75) is 6.54 Å². The van der Waals surface area contributed by atoms with Crippen LogP contribution in [-0.4, -0.2) is 61.9 Å². The van der Waals surface area contributed by atoms with Crippen LogP contribution < -0.4 is 4.90 Å². The molecule has 1 saturated heterocycles. The Labute approximate surface area is 187 Å². The minimum absolute atomic E-state index is 0.0441. The SMILES string of the molecule is O=C(c1cccc(Br)c1)N1CCN(c2ncnc3c2nnn3Cc2ccccc2)CC1. The fourth-order valence-corrected chi connectivity index (χ4v) is 4.20. The number of halogens is 1. The highest BCUT2D eigenvalue weighted by Gasteiger charge is 2.25. The second kappa shape index (κ2) is 8.43. The number of hydrogen-bond acceptors (Lipinski definition) is 6. The number of amides is 1. The molecule has 0 unspecified atom stereocenters. The number of aromatic nitrogens is 5. The quantitative estimate of drug-likeness (QED) is 0.449. The molecule has 8 nitrogen and oxygen atoms in total. The van der Waals surface area contributed by atoms with Gasteiger partial charge in [0.2, 0.25) is 0 Å². The van der Waals surface area contributed by atoms with Gasteiger partial charge in [-0.15, -0.1) is 5.10 Å². The van der Waals surface area contributed by atoms with Gasteiger partial charge in [-0.25, -0.2) is 14.6 Å². The second-order valence-corrected chi connectivity index (χ2v) is 8.31. The second-order valence-electron chi connectivity index (χ2n) is 7.39. The largest absolute Gasteiger partial charge is 0.351 e. The molecule has 156 valence electrons. The van der Waals surface area contributed by atoms with Crippen LogP contribution in [0.4, 0.5) is 5.82 Å². The molecule has 0 aliphatic carbocycles. The highest BCUT2D eigenvalue weighted by molar-refractivity contribution is 9.10. The standard InChI is InChI=1S/C22H20BrN7O/c23-18-8-4-7-17(13-18)22(31)29-11-9-28(10-12-29)20-19-21(25-15-24-20)30(27-26-19)14-16-5-2-1-3-6-16/h1-8,13,15H,9-12,14H2. The number of benzene rings is 2. The van der Waals surface area contributed by atoms with Gasteiger partial charge < -0.3 is 9.80 Å². The van der Waals surface area contributed by atoms with Gasteiger partial charge >= 0.3 is 0 Å². The van der Waals surface area contributed by atoms with Crippen LogP contribution in [0.1, 0.15) is 15.9 Å². The molecule has 2 aromatic carbocycles. The van der Waals surface area contributed by atoms with E-state index in [9.17, 15) is 4.79 Å². The molecule has 0 N–H and O–H groups in total. The summed E-state index contributed by atoms with van der Waals surface area (Å²) >= 11 is 3.43. The molecule has 1 amide bonds. The van der Waals surface area contributed by atoms with Crippen molar-refractivity contribution < 1.29 is 4.79 Å². The Morgan fingerprint density at radius 3 is 2.55 bits per heavy atom. The number of fused-ring (bicyclic) bond motifs is 1. The van der Waals surface area contributed by atoms with E-state index < -0.39 is 0 Å². The molecule has 4 aromatic rings. The van der Waals surface area contributed by atoms with Gasteiger partial charge in [0.15, 0.2) is 17.0 Å². The van der Waals surface area contributed by atoms with Gasteiger partial charge in [-0.2, -0.15) is 0 Å². The Hall–Kier alpha value is -3.33. The van der Waals surface area contributed by atoms with Crippen LogP contribution in [0.25, 0.3) is 11.2 Å². The Morgan fingerprint density at radius 2 is 1.77 bits per heavy atom. The lowest BCUT2D eigenvalue weighted by molar-refractivity contribution is 0.0746. The minimum atomic E-state index is 0.0441. The van der Waals surface area contributed by atoms with E-state index in [1.165, 1.54) is 0 Å². The van der Waals surface area contributed by atoms with Crippen LogP contribution in [0, 0.1) is 0 Å². The molecule has 0 radical (unpaired) electrons. The third-order valence-corrected chi connectivity index (χ3v) is 5.89. The van der Waals surface area contributed by atoms with E-state index in [2.05, 4.69) is 53.2 Å². The Bertz CT molecular complexity index is 1220. The summed E-state index contributed by atoms with van der Waals surface area (Å²) in [7, 11) is 0. The summed E-state index contributed by atoms with van der Waals surface area (Å²) in [5.41, 5.74) is 3.22. The van der Waals surface area contributed by atoms with E-state index in [0.29, 0.717) is 49.5 Å². The van der Waals surface area contributed by atoms with Crippen molar-refractivity contribution in [3.63, 3.8) is 0 Å². The van der Waals surface area contributed by atoms with Gasteiger partial charge in [0.25, 0.3) is 5.91 Å². The maximum absolute atomic E-state index is 12.8. The lowest BCUT2D eigenvalue weighted by Gasteiger charge is -2.35. The van der Waals surface area contributed by atoms with Crippen molar-refractivity contribution in [3.05, 3.63) is 76.5 Å². The van der Waals surface area contributed by atoms with Crippen molar-refractivity contribution in [2.24, 2.45) is 0 Å². The molecular formula is C22H20BrN7O. The maximum Gasteiger partial charge on any atom is 0.254 e. The molecule has 3 heterocycles. The molecule has 1 aliphatic heterocycles. The summed E-state index contributed by atoms with van der Waals surface area (Å²) in [5, 5.41) is 8.67. The van der Waals surface area contributed by atoms with E-state index in [1.807, 2.05) is 47.4 Å². The van der Waals surface area contributed by atoms with E-state index >= 15 is 0 Å². The van der Waals surface area contributed by atoms with Crippen molar-refractivity contribution in [1.82, 2.24) is 29.9 Å². The monoisotopic (exact) mass is 477 g/mol. The zero-order valence-corrected chi connectivity index (χ0v) is 18.3. The summed E-state index contributed by atoms with van der Waals surface area (Å²) in [6.07, 6.45) is 1.56. The zero-order valence-electron chi connectivity index (χ0n) is 16.7. The van der Waals surface area contributed by atoms with E-state index in [0.717, 1.165) is 15.9 Å². The summed E-state index contributed by atoms with van der Waals surface area (Å²) in [6.45, 7) is 3.20. The lowest BCUT2D eigenvalue weighted by Crippen LogP contribution is -2.49. The van der Waals surface area contributed by atoms with Gasteiger partial charge in [0.1, 0.15) is 6.33 Å². The highest BCUT2D eigenvalue weighted by atomic mass is 79.9. The zero-order chi connectivity index (χ0) is 21.2. The molecule has 2 aromatic heterocycles. The van der Waals surface area contributed by atoms with Crippen LogP contribution in [0.2, 0.25) is 0 Å². The Kier molecular flexibility index (Phi) is 5.33. The van der Waals surface area contributed by atoms with Gasteiger partial charge in [-0.3, -0.25) is 4.79 Å². The minimum Gasteiger partial charge on any atom is -0.351 e. The van der Waals surface area contributed by atoms with Crippen molar-refractivity contribution >= 4 is 38.8 Å². The van der Waals surface area contributed by atoms with Gasteiger partial charge in [0, 0.05) is 36.2 Å². The van der Waals surface area contributed by atoms with E-state index in [4.69, 9.17) is 0 Å². The summed E-state index contributed by atoms with van der Waals surface area (Å²) in [5.74, 6) is 0.807. The topological polar surface area (TPSA) is 80.0 Å². The first-order chi connectivity index (χ1) is 15.2. The predicted molar refractivity (Wildman–Crippen MR) is 121 cm³/mol. The molecule has 0 spiro atoms. The van der Waals surface area contributed by atoms with Crippen LogP contribution in [0.15, 0.2) is 65.4 Å². The summed E-state index contributed by atoms with van der Waals surface area (Å²) < 4.78 is 2.70. The van der Waals surface area contributed by atoms with E-state index in [-0.39, 0.29) is 5.91 Å². The number of anilines is 1. The smallest absolute Gasteiger partial charge is 0.254 e. The maximum atomic E-state index is 12.8. The molecule has 0 atom stereocenters. The number of rotatable bonds is 4. The summed E-state index contributed by atoms with van der Waals surface area (Å²) in [4.78, 5) is 25.7. The molecular weight excluding hydrogens is 458 g/mol. The van der Waals surface area contributed by atoms with Gasteiger partial charge in [-0.05, 0) is 23.8 Å². The first kappa shape index (κ1) is 19.6. The summed E-state index contributed by atoms with van der Waals surface area (Å²) in [6, 6.07) is 17.6. The van der Waals surface area contributed by atoms with Crippen LogP contribution in [-0.2, 0) is 6.54 Å². The van der Waals surface area contributed by atoms with Crippen molar-refractivity contribution in [1.29, 1.82) is 0 Å². The average molecular weight is 478 g/mol. The van der Waals surface area contributed by atoms with Gasteiger partial charge in [-0.1, -0.05) is 57.5 Å². The molecule has 0 saturated carbocycles. The molecule has 9 heteroatoms. The fourth-order valence-electron chi connectivity index (χ4n) is 3.80. The van der Waals surface area contributed by atoms with Crippen LogP contribution >= 0.6 is 15.9 Å². The first-order valence-electron chi connectivity index (χ1n) is 10.1.